The Balaban J connectivity index is 1.83. The predicted molar refractivity (Wildman–Crippen MR) is 120 cm³/mol. The van der Waals surface area contributed by atoms with E-state index in [-0.39, 0.29) is 5.75 Å². The van der Waals surface area contributed by atoms with Crippen LogP contribution in [-0.4, -0.2) is 23.0 Å². The summed E-state index contributed by atoms with van der Waals surface area (Å²) >= 11 is 0. The van der Waals surface area contributed by atoms with E-state index >= 15 is 0 Å². The molecule has 0 radical (unpaired) electrons. The molecule has 1 amide bonds. The van der Waals surface area contributed by atoms with E-state index in [1.165, 1.54) is 13.2 Å². The standard InChI is InChI=1S/C23H17FN3O2P/c1-3-21(28)27-15-6-4-5-13(7-15)14-8-18-19(12-26-23(18)25-11-14)17-9-16(30)10-20(24)22(17)29-2/h1,4-12H,30H2,2H3,(H,25,26)(H,27,28). The summed E-state index contributed by atoms with van der Waals surface area (Å²) in [7, 11) is 3.95. The maximum atomic E-state index is 14.4. The van der Waals surface area contributed by atoms with Crippen LogP contribution in [0.25, 0.3) is 33.3 Å². The molecule has 0 aliphatic heterocycles. The SMILES string of the molecule is C#CC(=O)Nc1cccc(-c2cnc3[nH]cc(-c4cc(P)cc(F)c4OC)c3c2)c1. The molecule has 148 valence electrons. The fourth-order valence-corrected chi connectivity index (χ4v) is 3.66. The molecule has 4 aromatic rings. The first-order valence-corrected chi connectivity index (χ1v) is 9.56. The molecular formula is C23H17FN3O2P. The van der Waals surface area contributed by atoms with Crippen LogP contribution < -0.4 is 15.4 Å². The van der Waals surface area contributed by atoms with Crippen molar-refractivity contribution in [2.75, 3.05) is 12.4 Å². The lowest BCUT2D eigenvalue weighted by Crippen LogP contribution is -2.07. The lowest BCUT2D eigenvalue weighted by molar-refractivity contribution is -0.111. The van der Waals surface area contributed by atoms with Gasteiger partial charge in [-0.05, 0) is 47.1 Å². The zero-order valence-electron chi connectivity index (χ0n) is 16.0. The van der Waals surface area contributed by atoms with Crippen molar-refractivity contribution in [2.24, 2.45) is 0 Å². The highest BCUT2D eigenvalue weighted by molar-refractivity contribution is 7.27. The predicted octanol–water partition coefficient (Wildman–Crippen LogP) is 4.12. The second-order valence-electron chi connectivity index (χ2n) is 6.59. The number of hydrogen-bond donors (Lipinski definition) is 2. The van der Waals surface area contributed by atoms with Crippen LogP contribution in [0.3, 0.4) is 0 Å². The number of halogens is 1. The zero-order valence-corrected chi connectivity index (χ0v) is 17.1. The molecular weight excluding hydrogens is 400 g/mol. The summed E-state index contributed by atoms with van der Waals surface area (Å²) in [4.78, 5) is 19.1. The number of benzene rings is 2. The van der Waals surface area contributed by atoms with Gasteiger partial charge in [0, 0.05) is 40.2 Å². The summed E-state index contributed by atoms with van der Waals surface area (Å²) in [6.45, 7) is 0. The number of anilines is 1. The molecule has 4 rings (SSSR count). The van der Waals surface area contributed by atoms with E-state index in [0.29, 0.717) is 22.2 Å². The highest BCUT2D eigenvalue weighted by Crippen LogP contribution is 2.37. The van der Waals surface area contributed by atoms with Gasteiger partial charge in [0.1, 0.15) is 5.65 Å². The summed E-state index contributed by atoms with van der Waals surface area (Å²) in [6, 6.07) is 12.5. The number of carbonyl (C=O) groups excluding carboxylic acids is 1. The van der Waals surface area contributed by atoms with Crippen molar-refractivity contribution in [1.29, 1.82) is 0 Å². The number of pyridine rings is 1. The maximum Gasteiger partial charge on any atom is 0.300 e. The van der Waals surface area contributed by atoms with Gasteiger partial charge < -0.3 is 15.0 Å². The molecule has 7 heteroatoms. The molecule has 1 atom stereocenters. The van der Waals surface area contributed by atoms with Gasteiger partial charge in [-0.2, -0.15) is 0 Å². The van der Waals surface area contributed by atoms with E-state index in [2.05, 4.69) is 24.5 Å². The van der Waals surface area contributed by atoms with E-state index in [1.54, 1.807) is 18.5 Å². The Morgan fingerprint density at radius 3 is 2.83 bits per heavy atom. The minimum atomic E-state index is -0.514. The Labute approximate surface area is 174 Å². The average molecular weight is 417 g/mol. The molecule has 2 heterocycles. The Morgan fingerprint density at radius 1 is 1.23 bits per heavy atom. The van der Waals surface area contributed by atoms with Crippen LogP contribution in [0.15, 0.2) is 54.9 Å². The summed E-state index contributed by atoms with van der Waals surface area (Å²) in [5.41, 5.74) is 4.34. The van der Waals surface area contributed by atoms with Gasteiger partial charge in [0.05, 0.1) is 7.11 Å². The van der Waals surface area contributed by atoms with Crippen LogP contribution in [0.5, 0.6) is 5.75 Å². The first kappa shape index (κ1) is 19.6. The summed E-state index contributed by atoms with van der Waals surface area (Å²) in [5.74, 6) is 1.25. The first-order valence-electron chi connectivity index (χ1n) is 8.98. The van der Waals surface area contributed by atoms with Crippen molar-refractivity contribution in [1.82, 2.24) is 9.97 Å². The Hall–Kier alpha value is -3.68. The van der Waals surface area contributed by atoms with Gasteiger partial charge in [-0.1, -0.05) is 12.1 Å². The number of aromatic amines is 1. The van der Waals surface area contributed by atoms with Crippen LogP contribution in [0, 0.1) is 18.2 Å². The van der Waals surface area contributed by atoms with Crippen LogP contribution in [-0.2, 0) is 4.79 Å². The van der Waals surface area contributed by atoms with Crippen LogP contribution >= 0.6 is 9.24 Å². The molecule has 2 N–H and O–H groups in total. The van der Waals surface area contributed by atoms with Crippen molar-refractivity contribution in [2.45, 2.75) is 0 Å². The number of aromatic nitrogens is 2. The molecule has 0 bridgehead atoms. The number of carbonyl (C=O) groups is 1. The molecule has 1 unspecified atom stereocenters. The number of terminal acetylenes is 1. The molecule has 0 fully saturated rings. The fourth-order valence-electron chi connectivity index (χ4n) is 3.35. The third-order valence-electron chi connectivity index (χ3n) is 4.68. The van der Waals surface area contributed by atoms with E-state index in [4.69, 9.17) is 11.2 Å². The summed E-state index contributed by atoms with van der Waals surface area (Å²) in [6.07, 6.45) is 8.64. The minimum Gasteiger partial charge on any atom is -0.493 e. The highest BCUT2D eigenvalue weighted by atomic mass is 31.0. The Morgan fingerprint density at radius 2 is 2.07 bits per heavy atom. The largest absolute Gasteiger partial charge is 0.493 e. The van der Waals surface area contributed by atoms with Crippen molar-refractivity contribution in [3.8, 4) is 40.3 Å². The van der Waals surface area contributed by atoms with Gasteiger partial charge in [0.15, 0.2) is 11.6 Å². The first-order chi connectivity index (χ1) is 14.5. The molecule has 2 aromatic heterocycles. The molecule has 0 saturated carbocycles. The second kappa shape index (κ2) is 7.98. The normalized spacial score (nSPS) is 10.6. The van der Waals surface area contributed by atoms with Gasteiger partial charge in [0.2, 0.25) is 0 Å². The number of ether oxygens (including phenoxy) is 1. The molecule has 0 spiro atoms. The van der Waals surface area contributed by atoms with E-state index < -0.39 is 11.7 Å². The summed E-state index contributed by atoms with van der Waals surface area (Å²) < 4.78 is 19.7. The van der Waals surface area contributed by atoms with Gasteiger partial charge in [-0.3, -0.25) is 4.79 Å². The van der Waals surface area contributed by atoms with Gasteiger partial charge in [-0.15, -0.1) is 15.7 Å². The van der Waals surface area contributed by atoms with Crippen LogP contribution in [0.2, 0.25) is 0 Å². The Bertz CT molecular complexity index is 1320. The van der Waals surface area contributed by atoms with Crippen molar-refractivity contribution >= 4 is 37.2 Å². The number of amides is 1. The fraction of sp³-hybridized carbons (Fsp3) is 0.0435. The Kier molecular flexibility index (Phi) is 5.22. The number of hydrogen-bond acceptors (Lipinski definition) is 3. The third-order valence-corrected chi connectivity index (χ3v) is 5.01. The van der Waals surface area contributed by atoms with Crippen LogP contribution in [0.1, 0.15) is 0 Å². The number of fused-ring (bicyclic) bond motifs is 1. The average Bonchev–Trinajstić information content (AvgIpc) is 3.16. The van der Waals surface area contributed by atoms with Crippen molar-refractivity contribution < 1.29 is 13.9 Å². The molecule has 0 aliphatic rings. The number of nitrogens with one attached hydrogen (secondary N) is 2. The van der Waals surface area contributed by atoms with Crippen molar-refractivity contribution in [3.05, 3.63) is 60.7 Å². The van der Waals surface area contributed by atoms with Gasteiger partial charge in [-0.25, -0.2) is 9.37 Å². The van der Waals surface area contributed by atoms with E-state index in [1.807, 2.05) is 36.3 Å². The quantitative estimate of drug-likeness (QED) is 0.388. The highest BCUT2D eigenvalue weighted by Gasteiger charge is 2.17. The van der Waals surface area contributed by atoms with Gasteiger partial charge in [0.25, 0.3) is 5.91 Å². The van der Waals surface area contributed by atoms with E-state index in [0.717, 1.165) is 22.1 Å². The monoisotopic (exact) mass is 417 g/mol. The van der Waals surface area contributed by atoms with Gasteiger partial charge >= 0.3 is 0 Å². The minimum absolute atomic E-state index is 0.173. The van der Waals surface area contributed by atoms with E-state index in [9.17, 15) is 9.18 Å². The molecule has 2 aromatic carbocycles. The number of nitrogens with zero attached hydrogens (tertiary/aromatic N) is 1. The maximum absolute atomic E-state index is 14.4. The van der Waals surface area contributed by atoms with Crippen LogP contribution in [0.4, 0.5) is 10.1 Å². The number of rotatable bonds is 4. The molecule has 0 aliphatic carbocycles. The topological polar surface area (TPSA) is 67.0 Å². The lowest BCUT2D eigenvalue weighted by Gasteiger charge is -2.11. The molecule has 30 heavy (non-hydrogen) atoms. The molecule has 0 saturated heterocycles. The summed E-state index contributed by atoms with van der Waals surface area (Å²) in [5, 5.41) is 4.16. The third kappa shape index (κ3) is 3.63. The second-order valence-corrected chi connectivity index (χ2v) is 7.25. The smallest absolute Gasteiger partial charge is 0.300 e. The lowest BCUT2D eigenvalue weighted by atomic mass is 10.0. The number of methoxy groups -OCH3 is 1. The number of H-pyrrole nitrogens is 1. The molecule has 5 nitrogen and oxygen atoms in total. The zero-order chi connectivity index (χ0) is 21.3. The van der Waals surface area contributed by atoms with Crippen molar-refractivity contribution in [3.63, 3.8) is 0 Å².